The number of hydrogen-bond donors (Lipinski definition) is 1. The summed E-state index contributed by atoms with van der Waals surface area (Å²) < 4.78 is 34.2. The van der Waals surface area contributed by atoms with Crippen molar-refractivity contribution in [2.45, 2.75) is 0 Å². The molecule has 0 radical (unpaired) electrons. The Hall–Kier alpha value is -3.52. The van der Waals surface area contributed by atoms with E-state index in [1.807, 2.05) is 0 Å². The van der Waals surface area contributed by atoms with E-state index < -0.39 is 17.5 Å². The molecule has 0 spiro atoms. The molecule has 1 aromatic heterocycles. The van der Waals surface area contributed by atoms with Crippen molar-refractivity contribution in [1.29, 1.82) is 0 Å². The zero-order valence-electron chi connectivity index (χ0n) is 16.2. The number of halogens is 3. The van der Waals surface area contributed by atoms with Gasteiger partial charge in [0, 0.05) is 33.2 Å². The van der Waals surface area contributed by atoms with Gasteiger partial charge in [0.25, 0.3) is 11.5 Å². The van der Waals surface area contributed by atoms with Gasteiger partial charge in [-0.3, -0.25) is 14.2 Å². The Morgan fingerprint density at radius 1 is 1.03 bits per heavy atom. The van der Waals surface area contributed by atoms with Crippen molar-refractivity contribution in [3.63, 3.8) is 0 Å². The first-order chi connectivity index (χ1) is 14.9. The summed E-state index contributed by atoms with van der Waals surface area (Å²) >= 11 is 3.06. The van der Waals surface area contributed by atoms with Crippen molar-refractivity contribution < 1.29 is 18.3 Å². The molecule has 0 unspecified atom stereocenters. The number of carbonyl (C=O) groups excluding carboxylic acids is 1. The van der Waals surface area contributed by atoms with Crippen LogP contribution in [0, 0.1) is 11.6 Å². The second-order valence-corrected chi connectivity index (χ2v) is 7.51. The molecule has 4 aromatic rings. The third kappa shape index (κ3) is 3.94. The fraction of sp³-hybridized carbons (Fsp3) is 0.0435. The minimum atomic E-state index is -0.923. The Labute approximate surface area is 184 Å². The predicted molar refractivity (Wildman–Crippen MR) is 118 cm³/mol. The average Bonchev–Trinajstić information content (AvgIpc) is 2.76. The number of nitrogens with one attached hydrogen (secondary N) is 1. The molecule has 8 heteroatoms. The van der Waals surface area contributed by atoms with Gasteiger partial charge in [0.1, 0.15) is 11.6 Å². The molecule has 31 heavy (non-hydrogen) atoms. The molecule has 0 bridgehead atoms. The number of anilines is 1. The summed E-state index contributed by atoms with van der Waals surface area (Å²) in [6.07, 6.45) is 1.40. The van der Waals surface area contributed by atoms with Gasteiger partial charge >= 0.3 is 0 Å². The number of carbonyl (C=O) groups is 1. The maximum absolute atomic E-state index is 14.2. The molecule has 5 nitrogen and oxygen atoms in total. The van der Waals surface area contributed by atoms with E-state index in [4.69, 9.17) is 4.74 Å². The highest BCUT2D eigenvalue weighted by atomic mass is 79.9. The number of amides is 1. The standard InChI is InChI=1S/C23H15BrF2N2O3/c1-31-15-8-6-14(7-9-15)28-12-18(16-4-2-3-5-17(16)23(28)30)22(29)27-21-19(24)10-13(25)11-20(21)26/h2-12H,1H3,(H,27,29). The topological polar surface area (TPSA) is 60.3 Å². The van der Waals surface area contributed by atoms with Crippen LogP contribution in [0.5, 0.6) is 5.75 Å². The van der Waals surface area contributed by atoms with Gasteiger partial charge in [-0.05, 0) is 52.3 Å². The molecule has 0 aliphatic heterocycles. The molecule has 0 aliphatic carbocycles. The lowest BCUT2D eigenvalue weighted by atomic mass is 10.1. The highest BCUT2D eigenvalue weighted by molar-refractivity contribution is 9.10. The minimum Gasteiger partial charge on any atom is -0.497 e. The molecule has 1 heterocycles. The molecule has 0 aliphatic rings. The van der Waals surface area contributed by atoms with Crippen molar-refractivity contribution in [3.05, 3.63) is 98.9 Å². The van der Waals surface area contributed by atoms with E-state index >= 15 is 0 Å². The fourth-order valence-electron chi connectivity index (χ4n) is 3.25. The van der Waals surface area contributed by atoms with Gasteiger partial charge in [-0.25, -0.2) is 8.78 Å². The van der Waals surface area contributed by atoms with Crippen molar-refractivity contribution in [3.8, 4) is 11.4 Å². The van der Waals surface area contributed by atoms with Gasteiger partial charge in [0.2, 0.25) is 0 Å². The van der Waals surface area contributed by atoms with Gasteiger partial charge in [-0.15, -0.1) is 0 Å². The third-order valence-electron chi connectivity index (χ3n) is 4.77. The maximum Gasteiger partial charge on any atom is 0.262 e. The summed E-state index contributed by atoms with van der Waals surface area (Å²) in [6, 6.07) is 15.1. The summed E-state index contributed by atoms with van der Waals surface area (Å²) in [5.41, 5.74) is 0.172. The Bertz CT molecular complexity index is 1340. The van der Waals surface area contributed by atoms with Crippen LogP contribution in [0.3, 0.4) is 0 Å². The van der Waals surface area contributed by atoms with Crippen LogP contribution in [0.15, 0.2) is 76.1 Å². The van der Waals surface area contributed by atoms with Gasteiger partial charge < -0.3 is 10.1 Å². The Kier molecular flexibility index (Phi) is 5.56. The largest absolute Gasteiger partial charge is 0.497 e. The molecule has 0 saturated carbocycles. The second-order valence-electron chi connectivity index (χ2n) is 6.66. The van der Waals surface area contributed by atoms with Crippen LogP contribution < -0.4 is 15.6 Å². The van der Waals surface area contributed by atoms with Crippen LogP contribution in [-0.4, -0.2) is 17.6 Å². The number of ether oxygens (including phenoxy) is 1. The van der Waals surface area contributed by atoms with E-state index in [2.05, 4.69) is 21.2 Å². The highest BCUT2D eigenvalue weighted by Crippen LogP contribution is 2.28. The SMILES string of the molecule is COc1ccc(-n2cc(C(=O)Nc3c(F)cc(F)cc3Br)c3ccccc3c2=O)cc1. The van der Waals surface area contributed by atoms with Gasteiger partial charge in [-0.2, -0.15) is 0 Å². The highest BCUT2D eigenvalue weighted by Gasteiger charge is 2.19. The van der Waals surface area contributed by atoms with Crippen molar-refractivity contribution >= 4 is 38.3 Å². The lowest BCUT2D eigenvalue weighted by Crippen LogP contribution is -2.23. The van der Waals surface area contributed by atoms with E-state index in [1.165, 1.54) is 17.9 Å². The molecule has 3 aromatic carbocycles. The summed E-state index contributed by atoms with van der Waals surface area (Å²) in [6.45, 7) is 0. The van der Waals surface area contributed by atoms with Crippen LogP contribution in [-0.2, 0) is 0 Å². The summed E-state index contributed by atoms with van der Waals surface area (Å²) in [7, 11) is 1.53. The van der Waals surface area contributed by atoms with E-state index in [-0.39, 0.29) is 21.3 Å². The summed E-state index contributed by atoms with van der Waals surface area (Å²) in [5.74, 6) is -1.73. The molecule has 0 atom stereocenters. The molecule has 1 amide bonds. The van der Waals surface area contributed by atoms with Gasteiger partial charge in [0.05, 0.1) is 18.4 Å². The molecule has 0 saturated heterocycles. The number of nitrogens with zero attached hydrogens (tertiary/aromatic N) is 1. The Balaban J connectivity index is 1.86. The van der Waals surface area contributed by atoms with E-state index in [1.54, 1.807) is 48.5 Å². The van der Waals surface area contributed by atoms with E-state index in [0.717, 1.165) is 6.07 Å². The first kappa shape index (κ1) is 20.7. The number of methoxy groups -OCH3 is 1. The number of benzene rings is 3. The van der Waals surface area contributed by atoms with Gasteiger partial charge in [-0.1, -0.05) is 18.2 Å². The summed E-state index contributed by atoms with van der Waals surface area (Å²) in [5, 5.41) is 3.20. The number of fused-ring (bicyclic) bond motifs is 1. The molecular formula is C23H15BrF2N2O3. The van der Waals surface area contributed by atoms with Crippen LogP contribution >= 0.6 is 15.9 Å². The molecule has 0 fully saturated rings. The lowest BCUT2D eigenvalue weighted by molar-refractivity contribution is 0.102. The molecular weight excluding hydrogens is 470 g/mol. The van der Waals surface area contributed by atoms with Gasteiger partial charge in [0.15, 0.2) is 5.82 Å². The van der Waals surface area contributed by atoms with Crippen LogP contribution in [0.4, 0.5) is 14.5 Å². The second kappa shape index (κ2) is 8.31. The molecule has 1 N–H and O–H groups in total. The predicted octanol–water partition coefficient (Wildman–Crippen LogP) is 5.29. The zero-order chi connectivity index (χ0) is 22.1. The fourth-order valence-corrected chi connectivity index (χ4v) is 3.76. The van der Waals surface area contributed by atoms with Crippen LogP contribution in [0.25, 0.3) is 16.5 Å². The smallest absolute Gasteiger partial charge is 0.262 e. The zero-order valence-corrected chi connectivity index (χ0v) is 17.7. The van der Waals surface area contributed by atoms with E-state index in [9.17, 15) is 18.4 Å². The molecule has 4 rings (SSSR count). The average molecular weight is 485 g/mol. The third-order valence-corrected chi connectivity index (χ3v) is 5.39. The quantitative estimate of drug-likeness (QED) is 0.427. The monoisotopic (exact) mass is 484 g/mol. The summed E-state index contributed by atoms with van der Waals surface area (Å²) in [4.78, 5) is 26.1. The van der Waals surface area contributed by atoms with E-state index in [0.29, 0.717) is 28.3 Å². The molecule has 156 valence electrons. The number of aromatic nitrogens is 1. The number of hydrogen-bond acceptors (Lipinski definition) is 3. The Morgan fingerprint density at radius 3 is 2.35 bits per heavy atom. The first-order valence-electron chi connectivity index (χ1n) is 9.14. The van der Waals surface area contributed by atoms with Crippen molar-refractivity contribution in [2.24, 2.45) is 0 Å². The maximum atomic E-state index is 14.2. The lowest BCUT2D eigenvalue weighted by Gasteiger charge is -2.14. The minimum absolute atomic E-state index is 0.0612. The first-order valence-corrected chi connectivity index (χ1v) is 9.93. The van der Waals surface area contributed by atoms with Crippen LogP contribution in [0.1, 0.15) is 10.4 Å². The number of pyridine rings is 1. The van der Waals surface area contributed by atoms with Crippen molar-refractivity contribution in [2.75, 3.05) is 12.4 Å². The normalized spacial score (nSPS) is 10.8. The van der Waals surface area contributed by atoms with Crippen molar-refractivity contribution in [1.82, 2.24) is 4.57 Å². The van der Waals surface area contributed by atoms with Crippen LogP contribution in [0.2, 0.25) is 0 Å². The Morgan fingerprint density at radius 2 is 1.71 bits per heavy atom. The number of rotatable bonds is 4.